The molecule has 0 saturated heterocycles. The highest BCUT2D eigenvalue weighted by atomic mass is 32.1. The SMILES string of the molecule is O=C1c2cc3ccccc3n2CC(C(=O)NC2CCCCC2)(c2ccccc2)N1Cc1cccs1. The maximum atomic E-state index is 14.4. The standard InChI is InChI=1S/C29H29N3O2S/c33-27-26-18-21-10-7-8-16-25(21)31(26)20-29(22-11-3-1-4-12-22,32(27)19-24-15-9-17-35-24)28(34)30-23-13-5-2-6-14-23/h1,3-4,7-12,15-18,23H,2,5-6,13-14,19-20H2,(H,30,34). The highest BCUT2D eigenvalue weighted by molar-refractivity contribution is 7.09. The van der Waals surface area contributed by atoms with E-state index in [1.54, 1.807) is 11.3 Å². The molecule has 3 heterocycles. The van der Waals surface area contributed by atoms with Gasteiger partial charge in [0.05, 0.1) is 13.1 Å². The Balaban J connectivity index is 1.54. The van der Waals surface area contributed by atoms with Crippen molar-refractivity contribution in [3.63, 3.8) is 0 Å². The van der Waals surface area contributed by atoms with Gasteiger partial charge in [-0.2, -0.15) is 0 Å². The molecule has 1 N–H and O–H groups in total. The van der Waals surface area contributed by atoms with Crippen LogP contribution in [-0.4, -0.2) is 27.3 Å². The first-order valence-electron chi connectivity index (χ1n) is 12.5. The van der Waals surface area contributed by atoms with Gasteiger partial charge in [0.15, 0.2) is 5.54 Å². The van der Waals surface area contributed by atoms with Crippen LogP contribution in [0.1, 0.15) is 53.0 Å². The average molecular weight is 484 g/mol. The second-order valence-electron chi connectivity index (χ2n) is 9.68. The van der Waals surface area contributed by atoms with Gasteiger partial charge in [0.25, 0.3) is 11.8 Å². The molecule has 0 radical (unpaired) electrons. The Morgan fingerprint density at radius 2 is 1.74 bits per heavy atom. The Morgan fingerprint density at radius 3 is 2.51 bits per heavy atom. The molecule has 0 spiro atoms. The van der Waals surface area contributed by atoms with Crippen molar-refractivity contribution in [2.24, 2.45) is 0 Å². The number of fused-ring (bicyclic) bond motifs is 3. The van der Waals surface area contributed by atoms with Gasteiger partial charge in [0.2, 0.25) is 0 Å². The highest BCUT2D eigenvalue weighted by Gasteiger charge is 2.52. The normalized spacial score (nSPS) is 20.7. The molecule has 2 aromatic carbocycles. The Morgan fingerprint density at radius 1 is 0.971 bits per heavy atom. The average Bonchev–Trinajstić information content (AvgIpc) is 3.55. The number of thiophene rings is 1. The zero-order valence-electron chi connectivity index (χ0n) is 19.7. The van der Waals surface area contributed by atoms with E-state index in [4.69, 9.17) is 0 Å². The molecular weight excluding hydrogens is 454 g/mol. The number of para-hydroxylation sites is 1. The van der Waals surface area contributed by atoms with Crippen molar-refractivity contribution in [2.75, 3.05) is 0 Å². The molecule has 2 aromatic heterocycles. The Bertz CT molecular complexity index is 1360. The van der Waals surface area contributed by atoms with Crippen molar-refractivity contribution in [2.45, 2.75) is 56.8 Å². The zero-order valence-corrected chi connectivity index (χ0v) is 20.5. The summed E-state index contributed by atoms with van der Waals surface area (Å²) >= 11 is 1.62. The Hall–Kier alpha value is -3.38. The van der Waals surface area contributed by atoms with Crippen LogP contribution in [0.2, 0.25) is 0 Å². The second kappa shape index (κ2) is 9.00. The van der Waals surface area contributed by atoms with E-state index in [1.807, 2.05) is 83.1 Å². The molecule has 6 rings (SSSR count). The summed E-state index contributed by atoms with van der Waals surface area (Å²) in [5.74, 6) is -0.188. The minimum Gasteiger partial charge on any atom is -0.351 e. The van der Waals surface area contributed by atoms with Gasteiger partial charge in [-0.1, -0.05) is 73.9 Å². The summed E-state index contributed by atoms with van der Waals surface area (Å²) in [5.41, 5.74) is 1.33. The third-order valence-electron chi connectivity index (χ3n) is 7.58. The molecule has 2 aliphatic rings. The van der Waals surface area contributed by atoms with E-state index in [0.29, 0.717) is 18.8 Å². The van der Waals surface area contributed by atoms with Crippen LogP contribution in [0, 0.1) is 0 Å². The van der Waals surface area contributed by atoms with E-state index >= 15 is 0 Å². The van der Waals surface area contributed by atoms with E-state index in [9.17, 15) is 9.59 Å². The second-order valence-corrected chi connectivity index (χ2v) is 10.7. The van der Waals surface area contributed by atoms with Crippen LogP contribution in [0.3, 0.4) is 0 Å². The van der Waals surface area contributed by atoms with Crippen molar-refractivity contribution >= 4 is 34.1 Å². The van der Waals surface area contributed by atoms with Crippen LogP contribution in [0.25, 0.3) is 10.9 Å². The largest absolute Gasteiger partial charge is 0.351 e. The summed E-state index contributed by atoms with van der Waals surface area (Å²) in [4.78, 5) is 31.5. The molecule has 1 unspecified atom stereocenters. The lowest BCUT2D eigenvalue weighted by molar-refractivity contribution is -0.136. The molecule has 2 amide bonds. The fourth-order valence-electron chi connectivity index (χ4n) is 5.79. The van der Waals surface area contributed by atoms with E-state index in [-0.39, 0.29) is 17.9 Å². The summed E-state index contributed by atoms with van der Waals surface area (Å²) in [5, 5.41) is 6.42. The van der Waals surface area contributed by atoms with Gasteiger partial charge >= 0.3 is 0 Å². The summed E-state index contributed by atoms with van der Waals surface area (Å²) < 4.78 is 2.05. The molecule has 0 bridgehead atoms. The van der Waals surface area contributed by atoms with E-state index in [2.05, 4.69) is 9.88 Å². The highest BCUT2D eigenvalue weighted by Crippen LogP contribution is 2.41. The first-order valence-corrected chi connectivity index (χ1v) is 13.3. The first kappa shape index (κ1) is 22.1. The van der Waals surface area contributed by atoms with Crippen LogP contribution in [0.15, 0.2) is 78.2 Å². The Labute approximate surface area is 209 Å². The van der Waals surface area contributed by atoms with Crippen LogP contribution in [0.4, 0.5) is 0 Å². The smallest absolute Gasteiger partial charge is 0.272 e. The number of aromatic nitrogens is 1. The number of benzene rings is 2. The number of hydrogen-bond acceptors (Lipinski definition) is 3. The molecule has 6 heteroatoms. The minimum absolute atomic E-state index is 0.0797. The number of nitrogens with one attached hydrogen (secondary N) is 1. The van der Waals surface area contributed by atoms with Crippen LogP contribution < -0.4 is 5.32 Å². The van der Waals surface area contributed by atoms with Crippen LogP contribution in [0.5, 0.6) is 0 Å². The third kappa shape index (κ3) is 3.76. The van der Waals surface area contributed by atoms with Crippen molar-refractivity contribution in [3.05, 3.63) is 94.3 Å². The maximum Gasteiger partial charge on any atom is 0.272 e. The zero-order chi connectivity index (χ0) is 23.8. The summed E-state index contributed by atoms with van der Waals surface area (Å²) in [6.45, 7) is 0.778. The predicted molar refractivity (Wildman–Crippen MR) is 139 cm³/mol. The van der Waals surface area contributed by atoms with Gasteiger partial charge in [-0.3, -0.25) is 9.59 Å². The number of rotatable bonds is 5. The molecule has 1 fully saturated rings. The fourth-order valence-corrected chi connectivity index (χ4v) is 6.48. The van der Waals surface area contributed by atoms with Gasteiger partial charge in [-0.25, -0.2) is 0 Å². The third-order valence-corrected chi connectivity index (χ3v) is 8.45. The van der Waals surface area contributed by atoms with Crippen molar-refractivity contribution in [1.29, 1.82) is 0 Å². The number of hydrogen-bond donors (Lipinski definition) is 1. The summed E-state index contributed by atoms with van der Waals surface area (Å²) in [7, 11) is 0. The van der Waals surface area contributed by atoms with E-state index in [1.165, 1.54) is 6.42 Å². The van der Waals surface area contributed by atoms with Gasteiger partial charge in [0, 0.05) is 21.8 Å². The lowest BCUT2D eigenvalue weighted by atomic mass is 9.83. The number of amides is 2. The topological polar surface area (TPSA) is 54.3 Å². The lowest BCUT2D eigenvalue weighted by Gasteiger charge is -2.47. The monoisotopic (exact) mass is 483 g/mol. The van der Waals surface area contributed by atoms with E-state index < -0.39 is 5.54 Å². The predicted octanol–water partition coefficient (Wildman–Crippen LogP) is 5.70. The molecule has 5 nitrogen and oxygen atoms in total. The molecule has 178 valence electrons. The van der Waals surface area contributed by atoms with Gasteiger partial charge in [-0.05, 0) is 42.0 Å². The molecule has 1 saturated carbocycles. The van der Waals surface area contributed by atoms with Gasteiger partial charge < -0.3 is 14.8 Å². The first-order chi connectivity index (χ1) is 17.2. The number of carbonyl (C=O) groups excluding carboxylic acids is 2. The molecule has 35 heavy (non-hydrogen) atoms. The quantitative estimate of drug-likeness (QED) is 0.396. The Kier molecular flexibility index (Phi) is 5.69. The van der Waals surface area contributed by atoms with Crippen LogP contribution >= 0.6 is 11.3 Å². The number of nitrogens with zero attached hydrogens (tertiary/aromatic N) is 2. The van der Waals surface area contributed by atoms with Gasteiger partial charge in [0.1, 0.15) is 5.69 Å². The fraction of sp³-hybridized carbons (Fsp3) is 0.310. The molecule has 4 aromatic rings. The minimum atomic E-state index is -1.14. The van der Waals surface area contributed by atoms with Gasteiger partial charge in [-0.15, -0.1) is 11.3 Å². The summed E-state index contributed by atoms with van der Waals surface area (Å²) in [6.07, 6.45) is 5.47. The van der Waals surface area contributed by atoms with E-state index in [0.717, 1.165) is 47.0 Å². The molecule has 1 aliphatic heterocycles. The van der Waals surface area contributed by atoms with Crippen molar-refractivity contribution in [1.82, 2.24) is 14.8 Å². The van der Waals surface area contributed by atoms with Crippen LogP contribution in [-0.2, 0) is 23.4 Å². The lowest BCUT2D eigenvalue weighted by Crippen LogP contribution is -2.64. The van der Waals surface area contributed by atoms with Crippen molar-refractivity contribution < 1.29 is 9.59 Å². The maximum absolute atomic E-state index is 14.4. The molecule has 1 aliphatic carbocycles. The van der Waals surface area contributed by atoms with Crippen molar-refractivity contribution in [3.8, 4) is 0 Å². The molecule has 1 atom stereocenters. The number of carbonyl (C=O) groups is 2. The molecular formula is C29H29N3O2S. The summed E-state index contributed by atoms with van der Waals surface area (Å²) in [6, 6.07) is 24.1.